The Bertz CT molecular complexity index is 473. The number of anilines is 1. The lowest BCUT2D eigenvalue weighted by atomic mass is 10.2. The molecule has 0 fully saturated rings. The predicted octanol–water partition coefficient (Wildman–Crippen LogP) is 1.52. The van der Waals surface area contributed by atoms with Gasteiger partial charge in [0.05, 0.1) is 18.8 Å². The number of fused-ring (bicyclic) bond motifs is 1. The molecule has 0 radical (unpaired) electrons. The Balaban J connectivity index is 2.12. The first-order valence-corrected chi connectivity index (χ1v) is 6.07. The van der Waals surface area contributed by atoms with Crippen molar-refractivity contribution in [2.75, 3.05) is 12.3 Å². The van der Waals surface area contributed by atoms with E-state index in [0.717, 1.165) is 11.3 Å². The molecule has 0 aromatic carbocycles. The zero-order valence-corrected chi connectivity index (χ0v) is 11.4. The van der Waals surface area contributed by atoms with Crippen molar-refractivity contribution in [3.63, 3.8) is 0 Å². The van der Waals surface area contributed by atoms with Crippen LogP contribution in [0.1, 0.15) is 32.0 Å². The van der Waals surface area contributed by atoms with Gasteiger partial charge in [0.25, 0.3) is 0 Å². The molecular formula is C12H20N4O2. The second-order valence-corrected chi connectivity index (χ2v) is 5.58. The molecule has 1 aromatic heterocycles. The Labute approximate surface area is 107 Å². The van der Waals surface area contributed by atoms with Crippen LogP contribution < -0.4 is 5.73 Å². The van der Waals surface area contributed by atoms with Crippen molar-refractivity contribution < 1.29 is 9.53 Å². The highest BCUT2D eigenvalue weighted by molar-refractivity contribution is 5.68. The molecule has 1 aliphatic heterocycles. The van der Waals surface area contributed by atoms with Gasteiger partial charge in [-0.1, -0.05) is 0 Å². The molecule has 0 bridgehead atoms. The van der Waals surface area contributed by atoms with Crippen molar-refractivity contribution in [1.82, 2.24) is 14.7 Å². The van der Waals surface area contributed by atoms with Gasteiger partial charge in [-0.3, -0.25) is 4.68 Å². The first-order valence-electron chi connectivity index (χ1n) is 6.07. The Morgan fingerprint density at radius 3 is 2.67 bits per heavy atom. The summed E-state index contributed by atoms with van der Waals surface area (Å²) in [6.45, 7) is 9.28. The summed E-state index contributed by atoms with van der Waals surface area (Å²) < 4.78 is 7.23. The second-order valence-electron chi connectivity index (χ2n) is 5.58. The predicted molar refractivity (Wildman–Crippen MR) is 68.0 cm³/mol. The van der Waals surface area contributed by atoms with Crippen LogP contribution in [0.25, 0.3) is 0 Å². The minimum absolute atomic E-state index is 0.284. The standard InChI is InChI=1S/C12H20N4O2/c1-8-9-7-15(11(17)18-12(2,3)4)5-6-16(9)14-10(8)13/h5-7H2,1-4H3,(H2,13,14). The minimum Gasteiger partial charge on any atom is -0.444 e. The van der Waals surface area contributed by atoms with Gasteiger partial charge in [-0.2, -0.15) is 5.10 Å². The van der Waals surface area contributed by atoms with Crippen LogP contribution in [-0.2, 0) is 17.8 Å². The van der Waals surface area contributed by atoms with Crippen molar-refractivity contribution in [3.05, 3.63) is 11.3 Å². The first kappa shape index (κ1) is 12.7. The van der Waals surface area contributed by atoms with E-state index in [4.69, 9.17) is 10.5 Å². The maximum Gasteiger partial charge on any atom is 0.410 e. The lowest BCUT2D eigenvalue weighted by Gasteiger charge is -2.30. The van der Waals surface area contributed by atoms with Crippen molar-refractivity contribution in [1.29, 1.82) is 0 Å². The molecule has 1 aliphatic rings. The van der Waals surface area contributed by atoms with Crippen molar-refractivity contribution in [2.24, 2.45) is 0 Å². The lowest BCUT2D eigenvalue weighted by molar-refractivity contribution is 0.0194. The highest BCUT2D eigenvalue weighted by Gasteiger charge is 2.27. The zero-order valence-electron chi connectivity index (χ0n) is 11.4. The minimum atomic E-state index is -0.469. The van der Waals surface area contributed by atoms with Gasteiger partial charge in [0, 0.05) is 12.1 Å². The molecule has 0 unspecified atom stereocenters. The third-order valence-corrected chi connectivity index (χ3v) is 2.93. The highest BCUT2D eigenvalue weighted by Crippen LogP contribution is 2.22. The summed E-state index contributed by atoms with van der Waals surface area (Å²) in [5.41, 5.74) is 7.25. The van der Waals surface area contributed by atoms with E-state index in [1.54, 1.807) is 4.90 Å². The van der Waals surface area contributed by atoms with Crippen molar-refractivity contribution in [3.8, 4) is 0 Å². The molecule has 1 amide bonds. The van der Waals surface area contributed by atoms with Gasteiger partial charge in [0.1, 0.15) is 11.4 Å². The topological polar surface area (TPSA) is 73.4 Å². The van der Waals surface area contributed by atoms with E-state index in [2.05, 4.69) is 5.10 Å². The summed E-state index contributed by atoms with van der Waals surface area (Å²) in [6, 6.07) is 0. The fourth-order valence-electron chi connectivity index (χ4n) is 1.95. The molecule has 100 valence electrons. The number of hydrogen-bond acceptors (Lipinski definition) is 4. The number of nitrogens with zero attached hydrogens (tertiary/aromatic N) is 3. The molecular weight excluding hydrogens is 232 g/mol. The number of carbonyl (C=O) groups is 1. The first-order chi connectivity index (χ1) is 8.28. The number of carbonyl (C=O) groups excluding carboxylic acids is 1. The van der Waals surface area contributed by atoms with E-state index >= 15 is 0 Å². The summed E-state index contributed by atoms with van der Waals surface area (Å²) in [7, 11) is 0. The molecule has 2 N–H and O–H groups in total. The molecule has 6 heteroatoms. The van der Waals surface area contributed by atoms with Crippen LogP contribution in [-0.4, -0.2) is 32.9 Å². The van der Waals surface area contributed by atoms with Gasteiger partial charge >= 0.3 is 6.09 Å². The zero-order chi connectivity index (χ0) is 13.5. The quantitative estimate of drug-likeness (QED) is 0.759. The number of hydrogen-bond donors (Lipinski definition) is 1. The molecule has 0 atom stereocenters. The second kappa shape index (κ2) is 4.19. The maximum atomic E-state index is 12.0. The van der Waals surface area contributed by atoms with Crippen LogP contribution in [0.3, 0.4) is 0 Å². The smallest absolute Gasteiger partial charge is 0.410 e. The van der Waals surface area contributed by atoms with E-state index < -0.39 is 5.60 Å². The van der Waals surface area contributed by atoms with E-state index in [0.29, 0.717) is 25.5 Å². The van der Waals surface area contributed by atoms with Crippen LogP contribution in [0.15, 0.2) is 0 Å². The van der Waals surface area contributed by atoms with Crippen LogP contribution in [0.4, 0.5) is 10.6 Å². The third kappa shape index (κ3) is 2.42. The molecule has 0 saturated heterocycles. The Kier molecular flexibility index (Phi) is 2.96. The number of nitrogen functional groups attached to an aromatic ring is 1. The Morgan fingerprint density at radius 1 is 1.39 bits per heavy atom. The average Bonchev–Trinajstić information content (AvgIpc) is 2.52. The largest absolute Gasteiger partial charge is 0.444 e. The highest BCUT2D eigenvalue weighted by atomic mass is 16.6. The van der Waals surface area contributed by atoms with Crippen molar-refractivity contribution >= 4 is 11.9 Å². The van der Waals surface area contributed by atoms with E-state index in [9.17, 15) is 4.79 Å². The van der Waals surface area contributed by atoms with Gasteiger partial charge in [-0.05, 0) is 27.7 Å². The summed E-state index contributed by atoms with van der Waals surface area (Å²) >= 11 is 0. The van der Waals surface area contributed by atoms with E-state index in [1.807, 2.05) is 32.4 Å². The van der Waals surface area contributed by atoms with Crippen LogP contribution in [0.2, 0.25) is 0 Å². The molecule has 6 nitrogen and oxygen atoms in total. The SMILES string of the molecule is Cc1c(N)nn2c1CN(C(=O)OC(C)(C)C)CC2. The molecule has 0 aliphatic carbocycles. The Morgan fingerprint density at radius 2 is 2.06 bits per heavy atom. The summed E-state index contributed by atoms with van der Waals surface area (Å²) in [5.74, 6) is 0.538. The van der Waals surface area contributed by atoms with E-state index in [1.165, 1.54) is 0 Å². The number of ether oxygens (including phenoxy) is 1. The number of amides is 1. The number of rotatable bonds is 0. The van der Waals surface area contributed by atoms with Crippen LogP contribution in [0.5, 0.6) is 0 Å². The van der Waals surface area contributed by atoms with Crippen LogP contribution >= 0.6 is 0 Å². The summed E-state index contributed by atoms with van der Waals surface area (Å²) in [5, 5.41) is 4.23. The third-order valence-electron chi connectivity index (χ3n) is 2.93. The average molecular weight is 252 g/mol. The van der Waals surface area contributed by atoms with Crippen LogP contribution in [0, 0.1) is 6.92 Å². The molecule has 0 saturated carbocycles. The lowest BCUT2D eigenvalue weighted by Crippen LogP contribution is -2.41. The van der Waals surface area contributed by atoms with Gasteiger partial charge in [-0.15, -0.1) is 0 Å². The fourth-order valence-corrected chi connectivity index (χ4v) is 1.95. The maximum absolute atomic E-state index is 12.0. The molecule has 1 aromatic rings. The number of aromatic nitrogens is 2. The molecule has 0 spiro atoms. The van der Waals surface area contributed by atoms with Gasteiger partial charge < -0.3 is 15.4 Å². The monoisotopic (exact) mass is 252 g/mol. The normalized spacial score (nSPS) is 15.4. The molecule has 2 heterocycles. The van der Waals surface area contributed by atoms with E-state index in [-0.39, 0.29) is 6.09 Å². The Hall–Kier alpha value is -1.72. The molecule has 2 rings (SSSR count). The van der Waals surface area contributed by atoms with Gasteiger partial charge in [0.15, 0.2) is 0 Å². The molecule has 18 heavy (non-hydrogen) atoms. The summed E-state index contributed by atoms with van der Waals surface area (Å²) in [6.07, 6.45) is -0.284. The van der Waals surface area contributed by atoms with Gasteiger partial charge in [0.2, 0.25) is 0 Å². The van der Waals surface area contributed by atoms with Crippen molar-refractivity contribution in [2.45, 2.75) is 46.4 Å². The fraction of sp³-hybridized carbons (Fsp3) is 0.667. The number of nitrogens with two attached hydrogens (primary N) is 1. The van der Waals surface area contributed by atoms with Gasteiger partial charge in [-0.25, -0.2) is 4.79 Å². The summed E-state index contributed by atoms with van der Waals surface area (Å²) in [4.78, 5) is 13.7.